The molecule has 3 rings (SSSR count). The predicted molar refractivity (Wildman–Crippen MR) is 91.9 cm³/mol. The first-order valence-corrected chi connectivity index (χ1v) is 9.46. The molecular weight excluding hydrogens is 366 g/mol. The highest BCUT2D eigenvalue weighted by Gasteiger charge is 2.29. The van der Waals surface area contributed by atoms with Crippen LogP contribution in [0.25, 0.3) is 0 Å². The number of hydrogen-bond donors (Lipinski definition) is 2. The molecule has 1 fully saturated rings. The van der Waals surface area contributed by atoms with Crippen LogP contribution in [0.4, 0.5) is 5.13 Å². The van der Waals surface area contributed by atoms with Crippen molar-refractivity contribution in [3.63, 3.8) is 0 Å². The number of hydrogen-bond acceptors (Lipinski definition) is 9. The van der Waals surface area contributed by atoms with Gasteiger partial charge in [0.05, 0.1) is 12.4 Å². The summed E-state index contributed by atoms with van der Waals surface area (Å²) < 4.78 is 10.6. The van der Waals surface area contributed by atoms with Gasteiger partial charge in [0.25, 0.3) is 5.91 Å². The number of methoxy groups -OCH3 is 1. The zero-order valence-electron chi connectivity index (χ0n) is 13.5. The highest BCUT2D eigenvalue weighted by atomic mass is 32.2. The molecule has 2 heterocycles. The van der Waals surface area contributed by atoms with E-state index in [-0.39, 0.29) is 23.3 Å². The Bertz CT molecular complexity index is 743. The smallest absolute Gasteiger partial charge is 0.279 e. The molecule has 0 saturated heterocycles. The molecule has 2 N–H and O–H groups in total. The minimum absolute atomic E-state index is 0.113. The van der Waals surface area contributed by atoms with Gasteiger partial charge in [-0.05, 0) is 12.8 Å². The Morgan fingerprint density at radius 1 is 1.44 bits per heavy atom. The van der Waals surface area contributed by atoms with Crippen molar-refractivity contribution < 1.29 is 18.8 Å². The minimum atomic E-state index is -0.388. The molecule has 1 saturated carbocycles. The maximum atomic E-state index is 12.1. The molecule has 0 atom stereocenters. The van der Waals surface area contributed by atoms with Gasteiger partial charge in [-0.25, -0.2) is 0 Å². The molecule has 0 radical (unpaired) electrons. The minimum Gasteiger partial charge on any atom is -0.383 e. The zero-order valence-corrected chi connectivity index (χ0v) is 15.1. The Labute approximate surface area is 151 Å². The lowest BCUT2D eigenvalue weighted by Crippen LogP contribution is -2.28. The number of aromatic nitrogens is 3. The number of nitrogens with zero attached hydrogens (tertiary/aromatic N) is 3. The van der Waals surface area contributed by atoms with Crippen LogP contribution in [0, 0.1) is 0 Å². The molecule has 2 amide bonds. The van der Waals surface area contributed by atoms with Crippen LogP contribution in [-0.2, 0) is 9.53 Å². The van der Waals surface area contributed by atoms with E-state index in [0.29, 0.717) is 28.5 Å². The average molecular weight is 383 g/mol. The molecule has 2 aromatic heterocycles. The SMILES string of the molecule is COCCNC(=O)CSc1nnc(NC(=O)c2cc(C3CC3)on2)s1. The summed E-state index contributed by atoms with van der Waals surface area (Å²) in [5.74, 6) is 0.866. The first-order valence-electron chi connectivity index (χ1n) is 7.65. The Kier molecular flexibility index (Phi) is 6.00. The van der Waals surface area contributed by atoms with Gasteiger partial charge in [-0.3, -0.25) is 14.9 Å². The molecule has 0 bridgehead atoms. The fourth-order valence-corrected chi connectivity index (χ4v) is 3.48. The topological polar surface area (TPSA) is 119 Å². The Balaban J connectivity index is 1.45. The van der Waals surface area contributed by atoms with Crippen LogP contribution in [0.3, 0.4) is 0 Å². The third-order valence-electron chi connectivity index (χ3n) is 3.32. The second kappa shape index (κ2) is 8.41. The molecular formula is C14H17N5O4S2. The second-order valence-electron chi connectivity index (χ2n) is 5.35. The van der Waals surface area contributed by atoms with E-state index in [1.54, 1.807) is 13.2 Å². The lowest BCUT2D eigenvalue weighted by molar-refractivity contribution is -0.118. The van der Waals surface area contributed by atoms with E-state index in [0.717, 1.165) is 18.6 Å². The lowest BCUT2D eigenvalue weighted by atomic mass is 10.3. The quantitative estimate of drug-likeness (QED) is 0.380. The van der Waals surface area contributed by atoms with Crippen LogP contribution in [0.15, 0.2) is 14.9 Å². The van der Waals surface area contributed by atoms with Crippen molar-refractivity contribution in [2.75, 3.05) is 31.3 Å². The van der Waals surface area contributed by atoms with Gasteiger partial charge in [0.1, 0.15) is 5.76 Å². The highest BCUT2D eigenvalue weighted by molar-refractivity contribution is 8.01. The second-order valence-corrected chi connectivity index (χ2v) is 7.55. The van der Waals surface area contributed by atoms with Crippen LogP contribution >= 0.6 is 23.1 Å². The number of carbonyl (C=O) groups is 2. The van der Waals surface area contributed by atoms with Gasteiger partial charge >= 0.3 is 0 Å². The first-order chi connectivity index (χ1) is 12.2. The molecule has 9 nitrogen and oxygen atoms in total. The number of carbonyl (C=O) groups excluding carboxylic acids is 2. The Morgan fingerprint density at radius 3 is 3.04 bits per heavy atom. The maximum absolute atomic E-state index is 12.1. The van der Waals surface area contributed by atoms with Crippen LogP contribution in [0.2, 0.25) is 0 Å². The van der Waals surface area contributed by atoms with Gasteiger partial charge in [0, 0.05) is 25.6 Å². The summed E-state index contributed by atoms with van der Waals surface area (Å²) in [6.45, 7) is 0.934. The Hall–Kier alpha value is -1.98. The summed E-state index contributed by atoms with van der Waals surface area (Å²) >= 11 is 2.45. The summed E-state index contributed by atoms with van der Waals surface area (Å²) in [7, 11) is 1.57. The molecule has 0 aliphatic heterocycles. The van der Waals surface area contributed by atoms with E-state index in [9.17, 15) is 9.59 Å². The van der Waals surface area contributed by atoms with Gasteiger partial charge in [0.2, 0.25) is 11.0 Å². The number of thioether (sulfide) groups is 1. The van der Waals surface area contributed by atoms with Crippen LogP contribution < -0.4 is 10.6 Å². The number of ether oxygens (including phenoxy) is 1. The van der Waals surface area contributed by atoms with Crippen molar-refractivity contribution in [1.29, 1.82) is 0 Å². The summed E-state index contributed by atoms with van der Waals surface area (Å²) in [6.07, 6.45) is 2.15. The largest absolute Gasteiger partial charge is 0.383 e. The molecule has 11 heteroatoms. The number of amides is 2. The van der Waals surface area contributed by atoms with Crippen molar-refractivity contribution >= 4 is 40.0 Å². The van der Waals surface area contributed by atoms with Crippen molar-refractivity contribution in [1.82, 2.24) is 20.7 Å². The van der Waals surface area contributed by atoms with Gasteiger partial charge < -0.3 is 14.6 Å². The van der Waals surface area contributed by atoms with Crippen LogP contribution in [0.1, 0.15) is 35.0 Å². The molecule has 2 aromatic rings. The number of rotatable bonds is 9. The average Bonchev–Trinajstić information content (AvgIpc) is 3.16. The monoisotopic (exact) mass is 383 g/mol. The van der Waals surface area contributed by atoms with Crippen molar-refractivity contribution in [3.8, 4) is 0 Å². The fourth-order valence-electron chi connectivity index (χ4n) is 1.91. The number of nitrogens with one attached hydrogen (secondary N) is 2. The van der Waals surface area contributed by atoms with Gasteiger partial charge in [0.15, 0.2) is 10.0 Å². The van der Waals surface area contributed by atoms with E-state index in [1.807, 2.05) is 0 Å². The maximum Gasteiger partial charge on any atom is 0.279 e. The zero-order chi connectivity index (χ0) is 17.6. The van der Waals surface area contributed by atoms with Crippen molar-refractivity contribution in [3.05, 3.63) is 17.5 Å². The third kappa shape index (κ3) is 5.25. The van der Waals surface area contributed by atoms with E-state index < -0.39 is 0 Å². The summed E-state index contributed by atoms with van der Waals surface area (Å²) in [4.78, 5) is 23.7. The summed E-state index contributed by atoms with van der Waals surface area (Å²) in [5, 5.41) is 17.3. The lowest BCUT2D eigenvalue weighted by Gasteiger charge is -2.02. The molecule has 0 unspecified atom stereocenters. The molecule has 0 aromatic carbocycles. The highest BCUT2D eigenvalue weighted by Crippen LogP contribution is 2.40. The van der Waals surface area contributed by atoms with E-state index in [2.05, 4.69) is 26.0 Å². The standard InChI is InChI=1S/C14H17N5O4S2/c1-22-5-4-15-11(20)7-24-14-18-17-13(25-14)16-12(21)9-6-10(23-19-9)8-2-3-8/h6,8H,2-5,7H2,1H3,(H,15,20)(H,16,17,21). The van der Waals surface area contributed by atoms with Gasteiger partial charge in [-0.2, -0.15) is 0 Å². The van der Waals surface area contributed by atoms with Crippen molar-refractivity contribution in [2.24, 2.45) is 0 Å². The van der Waals surface area contributed by atoms with Crippen molar-refractivity contribution in [2.45, 2.75) is 23.1 Å². The summed E-state index contributed by atoms with van der Waals surface area (Å²) in [6, 6.07) is 1.66. The Morgan fingerprint density at radius 2 is 2.28 bits per heavy atom. The molecule has 1 aliphatic carbocycles. The van der Waals surface area contributed by atoms with E-state index in [1.165, 1.54) is 23.1 Å². The van der Waals surface area contributed by atoms with E-state index >= 15 is 0 Å². The molecule has 0 spiro atoms. The summed E-state index contributed by atoms with van der Waals surface area (Å²) in [5.41, 5.74) is 0.226. The van der Waals surface area contributed by atoms with Gasteiger partial charge in [-0.1, -0.05) is 28.3 Å². The van der Waals surface area contributed by atoms with Gasteiger partial charge in [-0.15, -0.1) is 10.2 Å². The molecule has 134 valence electrons. The predicted octanol–water partition coefficient (Wildman–Crippen LogP) is 1.51. The number of anilines is 1. The van der Waals surface area contributed by atoms with Crippen LogP contribution in [0.5, 0.6) is 0 Å². The van der Waals surface area contributed by atoms with Crippen LogP contribution in [-0.4, -0.2) is 53.2 Å². The fraction of sp³-hybridized carbons (Fsp3) is 0.500. The molecule has 25 heavy (non-hydrogen) atoms. The van der Waals surface area contributed by atoms with E-state index in [4.69, 9.17) is 9.26 Å². The normalized spacial score (nSPS) is 13.6. The first kappa shape index (κ1) is 17.8. The molecule has 1 aliphatic rings. The third-order valence-corrected chi connectivity index (χ3v) is 5.29.